The number of imidazole rings is 1. The summed E-state index contributed by atoms with van der Waals surface area (Å²) >= 11 is 0. The molecule has 0 aromatic carbocycles. The molecule has 0 amide bonds. The highest BCUT2D eigenvalue weighted by Crippen LogP contribution is 2.19. The molecule has 0 fully saturated rings. The van der Waals surface area contributed by atoms with Crippen molar-refractivity contribution < 1.29 is 12.8 Å². The number of hydrogen-bond acceptors (Lipinski definition) is 5. The Morgan fingerprint density at radius 2 is 2.26 bits per heavy atom. The first-order valence-electron chi connectivity index (χ1n) is 7.58. The number of sulfonamides is 1. The summed E-state index contributed by atoms with van der Waals surface area (Å²) in [6, 6.07) is 3.82. The normalized spacial score (nSPS) is 19.7. The molecule has 0 bridgehead atoms. The molecule has 7 nitrogen and oxygen atoms in total. The van der Waals surface area contributed by atoms with Crippen molar-refractivity contribution in [2.45, 2.75) is 19.6 Å². The molecule has 0 radical (unpaired) electrons. The minimum Gasteiger partial charge on any atom is -0.468 e. The van der Waals surface area contributed by atoms with Crippen molar-refractivity contribution in [1.29, 1.82) is 0 Å². The quantitative estimate of drug-likeness (QED) is 0.813. The molecule has 3 rings (SSSR count). The first-order chi connectivity index (χ1) is 10.9. The van der Waals surface area contributed by atoms with Crippen molar-refractivity contribution in [1.82, 2.24) is 18.8 Å². The summed E-state index contributed by atoms with van der Waals surface area (Å²) in [5, 5.41) is 0. The second kappa shape index (κ2) is 6.46. The molecule has 0 N–H and O–H groups in total. The molecule has 0 saturated heterocycles. The van der Waals surface area contributed by atoms with Crippen LogP contribution in [0.2, 0.25) is 0 Å². The minimum atomic E-state index is -3.25. The lowest BCUT2D eigenvalue weighted by Crippen LogP contribution is -2.37. The van der Waals surface area contributed by atoms with E-state index in [9.17, 15) is 8.42 Å². The van der Waals surface area contributed by atoms with E-state index in [1.165, 1.54) is 10.6 Å². The zero-order chi connectivity index (χ0) is 16.4. The SMILES string of the molecule is CN(Cc1ccco1)C[C@@H]1CN(S(C)(=O)=O)Cc2nccn2C1. The van der Waals surface area contributed by atoms with Crippen LogP contribution in [-0.4, -0.2) is 53.6 Å². The molecule has 2 aromatic heterocycles. The van der Waals surface area contributed by atoms with Crippen LogP contribution in [0.1, 0.15) is 11.6 Å². The Bertz CT molecular complexity index is 739. The first-order valence-corrected chi connectivity index (χ1v) is 9.42. The van der Waals surface area contributed by atoms with Crippen LogP contribution < -0.4 is 0 Å². The summed E-state index contributed by atoms with van der Waals surface area (Å²) in [6.45, 7) is 3.10. The van der Waals surface area contributed by atoms with Gasteiger partial charge in [0, 0.05) is 37.9 Å². The number of rotatable bonds is 5. The molecular weight excluding hydrogens is 316 g/mol. The fraction of sp³-hybridized carbons (Fsp3) is 0.533. The van der Waals surface area contributed by atoms with Crippen LogP contribution in [-0.2, 0) is 29.7 Å². The van der Waals surface area contributed by atoms with Gasteiger partial charge in [-0.3, -0.25) is 4.90 Å². The molecule has 0 saturated carbocycles. The summed E-state index contributed by atoms with van der Waals surface area (Å²) < 4.78 is 33.0. The van der Waals surface area contributed by atoms with Gasteiger partial charge in [-0.15, -0.1) is 0 Å². The van der Waals surface area contributed by atoms with Crippen molar-refractivity contribution in [3.63, 3.8) is 0 Å². The fourth-order valence-corrected chi connectivity index (χ4v) is 3.88. The van der Waals surface area contributed by atoms with Crippen LogP contribution >= 0.6 is 0 Å². The second-order valence-corrected chi connectivity index (χ2v) is 8.18. The van der Waals surface area contributed by atoms with Gasteiger partial charge in [0.1, 0.15) is 11.6 Å². The van der Waals surface area contributed by atoms with E-state index in [-0.39, 0.29) is 5.92 Å². The van der Waals surface area contributed by atoms with Crippen LogP contribution in [0.5, 0.6) is 0 Å². The molecule has 2 aromatic rings. The van der Waals surface area contributed by atoms with Crippen molar-refractivity contribution in [2.24, 2.45) is 5.92 Å². The van der Waals surface area contributed by atoms with Gasteiger partial charge in [0.15, 0.2) is 0 Å². The van der Waals surface area contributed by atoms with E-state index >= 15 is 0 Å². The lowest BCUT2D eigenvalue weighted by molar-refractivity contribution is 0.219. The van der Waals surface area contributed by atoms with E-state index in [1.54, 1.807) is 12.5 Å². The van der Waals surface area contributed by atoms with E-state index in [0.717, 1.165) is 24.7 Å². The second-order valence-electron chi connectivity index (χ2n) is 6.19. The molecule has 1 aliphatic heterocycles. The molecule has 1 atom stereocenters. The molecule has 8 heteroatoms. The van der Waals surface area contributed by atoms with Crippen molar-refractivity contribution in [2.75, 3.05) is 26.4 Å². The Hall–Kier alpha value is -1.64. The van der Waals surface area contributed by atoms with Crippen molar-refractivity contribution >= 4 is 10.0 Å². The summed E-state index contributed by atoms with van der Waals surface area (Å²) in [5.74, 6) is 1.90. The predicted octanol–water partition coefficient (Wildman–Crippen LogP) is 0.999. The van der Waals surface area contributed by atoms with Crippen LogP contribution in [0.25, 0.3) is 0 Å². The molecule has 126 valence electrons. The first kappa shape index (κ1) is 16.2. The lowest BCUT2D eigenvalue weighted by atomic mass is 10.1. The van der Waals surface area contributed by atoms with E-state index in [4.69, 9.17) is 4.42 Å². The predicted molar refractivity (Wildman–Crippen MR) is 86.0 cm³/mol. The maximum atomic E-state index is 12.0. The Balaban J connectivity index is 1.73. The number of nitrogens with zero attached hydrogens (tertiary/aromatic N) is 4. The van der Waals surface area contributed by atoms with Gasteiger partial charge in [0.05, 0.1) is 25.6 Å². The summed E-state index contributed by atoms with van der Waals surface area (Å²) in [6.07, 6.45) is 6.57. The monoisotopic (exact) mass is 338 g/mol. The highest BCUT2D eigenvalue weighted by atomic mass is 32.2. The maximum absolute atomic E-state index is 12.0. The topological polar surface area (TPSA) is 71.6 Å². The van der Waals surface area contributed by atoms with Crippen molar-refractivity contribution in [3.8, 4) is 0 Å². The Morgan fingerprint density at radius 1 is 1.43 bits per heavy atom. The van der Waals surface area contributed by atoms with E-state index < -0.39 is 10.0 Å². The number of furan rings is 1. The molecule has 1 aliphatic rings. The van der Waals surface area contributed by atoms with Gasteiger partial charge in [-0.25, -0.2) is 13.4 Å². The van der Waals surface area contributed by atoms with Gasteiger partial charge in [-0.1, -0.05) is 0 Å². The Labute approximate surface area is 136 Å². The van der Waals surface area contributed by atoms with E-state index in [0.29, 0.717) is 19.6 Å². The van der Waals surface area contributed by atoms with Crippen LogP contribution in [0.4, 0.5) is 0 Å². The standard InChI is InChI=1S/C15H22N4O3S/c1-17(11-14-4-3-7-22-14)8-13-9-18-6-5-16-15(18)12-19(10-13)23(2,20)21/h3-7,13H,8-12H2,1-2H3/t13-/m0/s1. The highest BCUT2D eigenvalue weighted by Gasteiger charge is 2.28. The van der Waals surface area contributed by atoms with Crippen LogP contribution in [0, 0.1) is 5.92 Å². The Morgan fingerprint density at radius 3 is 2.96 bits per heavy atom. The van der Waals surface area contributed by atoms with Gasteiger partial charge >= 0.3 is 0 Å². The van der Waals surface area contributed by atoms with Crippen molar-refractivity contribution in [3.05, 3.63) is 42.4 Å². The molecule has 3 heterocycles. The van der Waals surface area contributed by atoms with Gasteiger partial charge < -0.3 is 8.98 Å². The zero-order valence-corrected chi connectivity index (χ0v) is 14.2. The molecular formula is C15H22N4O3S. The smallest absolute Gasteiger partial charge is 0.211 e. The average Bonchev–Trinajstić information content (AvgIpc) is 3.06. The minimum absolute atomic E-state index is 0.195. The lowest BCUT2D eigenvalue weighted by Gasteiger charge is -2.25. The summed E-state index contributed by atoms with van der Waals surface area (Å²) in [4.78, 5) is 6.44. The van der Waals surface area contributed by atoms with Crippen LogP contribution in [0.3, 0.4) is 0 Å². The van der Waals surface area contributed by atoms with E-state index in [1.807, 2.05) is 25.4 Å². The van der Waals surface area contributed by atoms with Gasteiger partial charge in [0.2, 0.25) is 10.0 Å². The molecule has 0 unspecified atom stereocenters. The number of hydrogen-bond donors (Lipinski definition) is 0. The highest BCUT2D eigenvalue weighted by molar-refractivity contribution is 7.88. The average molecular weight is 338 g/mol. The maximum Gasteiger partial charge on any atom is 0.211 e. The summed E-state index contributed by atoms with van der Waals surface area (Å²) in [7, 11) is -1.22. The molecule has 23 heavy (non-hydrogen) atoms. The van der Waals surface area contributed by atoms with E-state index in [2.05, 4.69) is 14.5 Å². The van der Waals surface area contributed by atoms with Gasteiger partial charge in [0.25, 0.3) is 0 Å². The largest absolute Gasteiger partial charge is 0.468 e. The fourth-order valence-electron chi connectivity index (χ4n) is 3.05. The zero-order valence-electron chi connectivity index (χ0n) is 13.4. The third kappa shape index (κ3) is 4.01. The number of aromatic nitrogens is 2. The summed E-state index contributed by atoms with van der Waals surface area (Å²) in [5.41, 5.74) is 0. The third-order valence-electron chi connectivity index (χ3n) is 4.08. The third-order valence-corrected chi connectivity index (χ3v) is 5.30. The van der Waals surface area contributed by atoms with Gasteiger partial charge in [-0.2, -0.15) is 4.31 Å². The van der Waals surface area contributed by atoms with Crippen LogP contribution in [0.15, 0.2) is 35.2 Å². The van der Waals surface area contributed by atoms with Gasteiger partial charge in [-0.05, 0) is 19.2 Å². The number of fused-ring (bicyclic) bond motifs is 1. The molecule has 0 aliphatic carbocycles. The molecule has 0 spiro atoms. The Kier molecular flexibility index (Phi) is 4.56.